The van der Waals surface area contributed by atoms with Gasteiger partial charge < -0.3 is 0 Å². The van der Waals surface area contributed by atoms with E-state index in [1.807, 2.05) is 0 Å². The molecule has 4 heteroatoms. The molecule has 0 radical (unpaired) electrons. The van der Waals surface area contributed by atoms with Gasteiger partial charge in [-0.2, -0.15) is 0 Å². The normalized spacial score (nSPS) is 11.9. The lowest BCUT2D eigenvalue weighted by Gasteiger charge is -2.18. The predicted molar refractivity (Wildman–Crippen MR) is 198 cm³/mol. The summed E-state index contributed by atoms with van der Waals surface area (Å²) >= 11 is 3.49. The standard InChI is InChI=1S/C42H24N2S2/c1-3-10-37-35(8-1)43-41(45-37)29-16-12-25(13-17-29)33-24-34(32-23-21-28-7-5-6-27-20-22-31(33)40(32)39(27)28)26-14-18-30(19-15-26)42-44-36-9-2-4-11-38(36)46-42/h1-24H. The number of hydrogen-bond donors (Lipinski definition) is 0. The Morgan fingerprint density at radius 1 is 0.370 bits per heavy atom. The first-order valence-corrected chi connectivity index (χ1v) is 17.0. The molecule has 0 saturated heterocycles. The second-order valence-corrected chi connectivity index (χ2v) is 13.8. The van der Waals surface area contributed by atoms with E-state index in [9.17, 15) is 0 Å². The average molecular weight is 621 g/mol. The van der Waals surface area contributed by atoms with Crippen LogP contribution in [0.2, 0.25) is 0 Å². The quantitative estimate of drug-likeness (QED) is 0.183. The largest absolute Gasteiger partial charge is 0.236 e. The highest BCUT2D eigenvalue weighted by Crippen LogP contribution is 2.45. The summed E-state index contributed by atoms with van der Waals surface area (Å²) in [6.45, 7) is 0. The van der Waals surface area contributed by atoms with Crippen molar-refractivity contribution in [3.05, 3.63) is 146 Å². The zero-order valence-corrected chi connectivity index (χ0v) is 26.2. The maximum absolute atomic E-state index is 4.90. The fraction of sp³-hybridized carbons (Fsp3) is 0. The van der Waals surface area contributed by atoms with Crippen molar-refractivity contribution in [3.63, 3.8) is 0 Å². The molecule has 46 heavy (non-hydrogen) atoms. The highest BCUT2D eigenvalue weighted by Gasteiger charge is 2.17. The number of thiazole rings is 2. The van der Waals surface area contributed by atoms with E-state index in [1.54, 1.807) is 22.7 Å². The van der Waals surface area contributed by atoms with Crippen molar-refractivity contribution in [3.8, 4) is 43.4 Å². The molecule has 0 atom stereocenters. The van der Waals surface area contributed by atoms with Crippen molar-refractivity contribution in [1.29, 1.82) is 0 Å². The summed E-state index contributed by atoms with van der Waals surface area (Å²) in [5.41, 5.74) is 9.29. The van der Waals surface area contributed by atoms with Gasteiger partial charge in [0.05, 0.1) is 20.4 Å². The second-order valence-electron chi connectivity index (χ2n) is 11.8. The Labute approximate surface area is 273 Å². The minimum atomic E-state index is 1.05. The molecule has 0 amide bonds. The number of aromatic nitrogens is 2. The van der Waals surface area contributed by atoms with Crippen molar-refractivity contribution < 1.29 is 0 Å². The molecule has 2 nitrogen and oxygen atoms in total. The summed E-state index contributed by atoms with van der Waals surface area (Å²) in [5.74, 6) is 0. The highest BCUT2D eigenvalue weighted by atomic mass is 32.1. The lowest BCUT2D eigenvalue weighted by atomic mass is 9.85. The molecule has 0 unspecified atom stereocenters. The smallest absolute Gasteiger partial charge is 0.124 e. The van der Waals surface area contributed by atoms with Crippen LogP contribution in [0.1, 0.15) is 0 Å². The average Bonchev–Trinajstić information content (AvgIpc) is 3.76. The lowest BCUT2D eigenvalue weighted by molar-refractivity contribution is 1.47. The molecule has 0 aliphatic heterocycles. The Morgan fingerprint density at radius 2 is 0.826 bits per heavy atom. The zero-order valence-electron chi connectivity index (χ0n) is 24.6. The van der Waals surface area contributed by atoms with Gasteiger partial charge in [-0.25, -0.2) is 9.97 Å². The van der Waals surface area contributed by atoms with Crippen LogP contribution in [0.3, 0.4) is 0 Å². The Hall–Kier alpha value is -5.42. The lowest BCUT2D eigenvalue weighted by Crippen LogP contribution is -1.91. The topological polar surface area (TPSA) is 25.8 Å². The van der Waals surface area contributed by atoms with Crippen LogP contribution >= 0.6 is 22.7 Å². The molecule has 0 saturated carbocycles. The Morgan fingerprint density at radius 3 is 1.30 bits per heavy atom. The molecular weight excluding hydrogens is 597 g/mol. The van der Waals surface area contributed by atoms with E-state index in [1.165, 1.54) is 64.0 Å². The van der Waals surface area contributed by atoms with Crippen molar-refractivity contribution in [2.45, 2.75) is 0 Å². The Bertz CT molecular complexity index is 2490. The molecule has 8 aromatic carbocycles. The fourth-order valence-corrected chi connectivity index (χ4v) is 8.83. The minimum Gasteiger partial charge on any atom is -0.236 e. The van der Waals surface area contributed by atoms with Crippen LogP contribution in [0.5, 0.6) is 0 Å². The number of fused-ring (bicyclic) bond motifs is 2. The van der Waals surface area contributed by atoms with Crippen LogP contribution in [0, 0.1) is 0 Å². The molecule has 10 aromatic rings. The Kier molecular flexibility index (Phi) is 5.65. The number of benzene rings is 8. The van der Waals surface area contributed by atoms with E-state index in [4.69, 9.17) is 9.97 Å². The molecule has 214 valence electrons. The van der Waals surface area contributed by atoms with Gasteiger partial charge in [-0.1, -0.05) is 115 Å². The van der Waals surface area contributed by atoms with E-state index in [0.29, 0.717) is 0 Å². The van der Waals surface area contributed by atoms with E-state index in [2.05, 4.69) is 146 Å². The van der Waals surface area contributed by atoms with Crippen LogP contribution in [0.25, 0.3) is 96.1 Å². The van der Waals surface area contributed by atoms with Crippen LogP contribution in [0.15, 0.2) is 146 Å². The molecule has 0 aliphatic carbocycles. The Balaban J connectivity index is 1.15. The third kappa shape index (κ3) is 4.01. The summed E-state index contributed by atoms with van der Waals surface area (Å²) < 4.78 is 2.43. The first-order chi connectivity index (χ1) is 22.8. The zero-order chi connectivity index (χ0) is 30.2. The van der Waals surface area contributed by atoms with Crippen molar-refractivity contribution in [1.82, 2.24) is 9.97 Å². The molecule has 0 bridgehead atoms. The molecule has 0 aliphatic rings. The summed E-state index contributed by atoms with van der Waals surface area (Å²) in [6, 6.07) is 52.8. The van der Waals surface area contributed by atoms with Gasteiger partial charge >= 0.3 is 0 Å². The first-order valence-electron chi connectivity index (χ1n) is 15.4. The third-order valence-corrected chi connectivity index (χ3v) is 11.3. The molecule has 0 spiro atoms. The second kappa shape index (κ2) is 10.0. The van der Waals surface area contributed by atoms with Crippen molar-refractivity contribution in [2.24, 2.45) is 0 Å². The van der Waals surface area contributed by atoms with E-state index >= 15 is 0 Å². The van der Waals surface area contributed by atoms with Crippen molar-refractivity contribution in [2.75, 3.05) is 0 Å². The van der Waals surface area contributed by atoms with Gasteiger partial charge in [0, 0.05) is 11.1 Å². The maximum Gasteiger partial charge on any atom is 0.124 e. The van der Waals surface area contributed by atoms with Crippen LogP contribution < -0.4 is 0 Å². The number of nitrogens with zero attached hydrogens (tertiary/aromatic N) is 2. The van der Waals surface area contributed by atoms with Gasteiger partial charge in [-0.05, 0) is 84.9 Å². The van der Waals surface area contributed by atoms with Crippen molar-refractivity contribution >= 4 is 75.4 Å². The molecular formula is C42H24N2S2. The molecule has 2 aromatic heterocycles. The summed E-state index contributed by atoms with van der Waals surface area (Å²) in [4.78, 5) is 9.80. The van der Waals surface area contributed by atoms with E-state index in [-0.39, 0.29) is 0 Å². The van der Waals surface area contributed by atoms with Crippen LogP contribution in [0.4, 0.5) is 0 Å². The summed E-state index contributed by atoms with van der Waals surface area (Å²) in [5, 5.41) is 9.87. The van der Waals surface area contributed by atoms with Gasteiger partial charge in [0.15, 0.2) is 0 Å². The fourth-order valence-electron chi connectivity index (χ4n) is 6.89. The first kappa shape index (κ1) is 25.9. The maximum atomic E-state index is 4.90. The van der Waals surface area contributed by atoms with Gasteiger partial charge in [0.25, 0.3) is 0 Å². The predicted octanol–water partition coefficient (Wildman–Crippen LogP) is 12.5. The van der Waals surface area contributed by atoms with E-state index < -0.39 is 0 Å². The molecule has 0 fully saturated rings. The molecule has 10 rings (SSSR count). The van der Waals surface area contributed by atoms with Gasteiger partial charge in [0.1, 0.15) is 10.0 Å². The molecule has 0 N–H and O–H groups in total. The van der Waals surface area contributed by atoms with Gasteiger partial charge in [0.2, 0.25) is 0 Å². The van der Waals surface area contributed by atoms with Gasteiger partial charge in [-0.15, -0.1) is 22.7 Å². The summed E-state index contributed by atoms with van der Waals surface area (Å²) in [7, 11) is 0. The van der Waals surface area contributed by atoms with Gasteiger partial charge in [-0.3, -0.25) is 0 Å². The summed E-state index contributed by atoms with van der Waals surface area (Å²) in [6.07, 6.45) is 0. The monoisotopic (exact) mass is 620 g/mol. The third-order valence-electron chi connectivity index (χ3n) is 9.12. The SMILES string of the molecule is c1cc2ccc3c(-c4ccc(-c5nc6ccccc6s5)cc4)cc(-c4ccc(-c5nc6ccccc6s5)cc4)c4ccc(c1)c2c34. The number of hydrogen-bond acceptors (Lipinski definition) is 4. The number of para-hydroxylation sites is 2. The van der Waals surface area contributed by atoms with E-state index in [0.717, 1.165) is 32.2 Å². The van der Waals surface area contributed by atoms with Crippen LogP contribution in [-0.4, -0.2) is 9.97 Å². The van der Waals surface area contributed by atoms with Crippen LogP contribution in [-0.2, 0) is 0 Å². The molecule has 2 heterocycles. The highest BCUT2D eigenvalue weighted by molar-refractivity contribution is 7.22. The minimum absolute atomic E-state index is 1.05. The number of rotatable bonds is 4.